The van der Waals surface area contributed by atoms with Crippen molar-refractivity contribution in [2.45, 2.75) is 25.1 Å². The van der Waals surface area contributed by atoms with Crippen LogP contribution in [0.5, 0.6) is 0 Å². The zero-order valence-corrected chi connectivity index (χ0v) is 18.4. The van der Waals surface area contributed by atoms with E-state index < -0.39 is 5.67 Å². The molecule has 3 aromatic heterocycles. The number of nitrogens with one attached hydrogen (secondary N) is 2. The smallest absolute Gasteiger partial charge is 0.155 e. The van der Waals surface area contributed by atoms with Gasteiger partial charge in [0.2, 0.25) is 0 Å². The second kappa shape index (κ2) is 9.58. The number of piperidine rings is 1. The number of rotatable bonds is 6. The van der Waals surface area contributed by atoms with E-state index in [1.165, 1.54) is 5.56 Å². The molecule has 0 spiro atoms. The minimum atomic E-state index is -1.30. The quantitative estimate of drug-likeness (QED) is 0.461. The summed E-state index contributed by atoms with van der Waals surface area (Å²) in [5, 5.41) is 10.8. The number of hydrogen-bond acceptors (Lipinski definition) is 6. The highest BCUT2D eigenvalue weighted by molar-refractivity contribution is 5.88. The van der Waals surface area contributed by atoms with Crippen LogP contribution in [-0.4, -0.2) is 50.0 Å². The van der Waals surface area contributed by atoms with Gasteiger partial charge in [0, 0.05) is 30.7 Å². The molecule has 166 valence electrons. The number of anilines is 1. The summed E-state index contributed by atoms with van der Waals surface area (Å²) in [6.07, 6.45) is 8.38. The lowest BCUT2D eigenvalue weighted by Crippen LogP contribution is -2.46. The van der Waals surface area contributed by atoms with Crippen molar-refractivity contribution in [3.63, 3.8) is 0 Å². The molecule has 1 atom stereocenters. The third kappa shape index (κ3) is 4.87. The summed E-state index contributed by atoms with van der Waals surface area (Å²) in [4.78, 5) is 13.6. The standard InChI is InChI=1S/C23H24FN7.ClH/c24-23(7-4-8-25-15-23)16-28-22-21-20(26-9-10-27-21)11-19(30-22)18-12-29-31(14-18)13-17-5-2-1-3-6-17;/h1-3,5-6,9-12,14,25H,4,7-8,13,15-16H2,(H,28,30);1H. The number of alkyl halides is 1. The Morgan fingerprint density at radius 1 is 1.16 bits per heavy atom. The number of halogens is 2. The fourth-order valence-electron chi connectivity index (χ4n) is 3.92. The molecule has 0 bridgehead atoms. The predicted octanol–water partition coefficient (Wildman–Crippen LogP) is 3.86. The summed E-state index contributed by atoms with van der Waals surface area (Å²) in [5.41, 5.74) is 2.82. The first-order valence-electron chi connectivity index (χ1n) is 10.5. The van der Waals surface area contributed by atoms with Crippen molar-refractivity contribution in [2.75, 3.05) is 25.0 Å². The Labute approximate surface area is 191 Å². The largest absolute Gasteiger partial charge is 0.365 e. The van der Waals surface area contributed by atoms with Crippen molar-refractivity contribution in [3.05, 3.63) is 66.7 Å². The Balaban J connectivity index is 0.00000245. The van der Waals surface area contributed by atoms with Gasteiger partial charge in [0.25, 0.3) is 0 Å². The van der Waals surface area contributed by atoms with Crippen LogP contribution in [0.1, 0.15) is 18.4 Å². The first kappa shape index (κ1) is 22.1. The Morgan fingerprint density at radius 2 is 2.00 bits per heavy atom. The van der Waals surface area contributed by atoms with Crippen LogP contribution < -0.4 is 10.6 Å². The van der Waals surface area contributed by atoms with Crippen molar-refractivity contribution in [3.8, 4) is 11.3 Å². The van der Waals surface area contributed by atoms with Crippen LogP contribution in [0.15, 0.2) is 61.2 Å². The van der Waals surface area contributed by atoms with Gasteiger partial charge in [0.15, 0.2) is 5.82 Å². The summed E-state index contributed by atoms with van der Waals surface area (Å²) < 4.78 is 17.0. The van der Waals surface area contributed by atoms with Crippen molar-refractivity contribution in [1.82, 2.24) is 30.0 Å². The van der Waals surface area contributed by atoms with Crippen molar-refractivity contribution < 1.29 is 4.39 Å². The highest BCUT2D eigenvalue weighted by atomic mass is 35.5. The van der Waals surface area contributed by atoms with Gasteiger partial charge in [-0.25, -0.2) is 14.4 Å². The third-order valence-electron chi connectivity index (χ3n) is 5.57. The van der Waals surface area contributed by atoms with E-state index in [4.69, 9.17) is 4.98 Å². The summed E-state index contributed by atoms with van der Waals surface area (Å²) in [5.74, 6) is 0.541. The van der Waals surface area contributed by atoms with Crippen molar-refractivity contribution in [1.29, 1.82) is 0 Å². The van der Waals surface area contributed by atoms with Gasteiger partial charge in [-0.3, -0.25) is 9.67 Å². The van der Waals surface area contributed by atoms with Crippen molar-refractivity contribution in [2.24, 2.45) is 0 Å². The summed E-state index contributed by atoms with van der Waals surface area (Å²) >= 11 is 0. The Bertz CT molecular complexity index is 1180. The first-order chi connectivity index (χ1) is 15.2. The minimum Gasteiger partial charge on any atom is -0.365 e. The van der Waals surface area contributed by atoms with Crippen molar-refractivity contribution >= 4 is 29.3 Å². The molecule has 0 aliphatic carbocycles. The maximum absolute atomic E-state index is 15.1. The highest BCUT2D eigenvalue weighted by Crippen LogP contribution is 2.27. The lowest BCUT2D eigenvalue weighted by molar-refractivity contribution is 0.137. The van der Waals surface area contributed by atoms with E-state index in [2.05, 4.69) is 37.8 Å². The second-order valence-electron chi connectivity index (χ2n) is 7.98. The van der Waals surface area contributed by atoms with Crippen LogP contribution in [0, 0.1) is 0 Å². The van der Waals surface area contributed by atoms with Crippen LogP contribution in [0.3, 0.4) is 0 Å². The van der Waals surface area contributed by atoms with Crippen LogP contribution >= 0.6 is 12.4 Å². The van der Waals surface area contributed by atoms with Gasteiger partial charge in [-0.1, -0.05) is 30.3 Å². The number of pyridine rings is 1. The lowest BCUT2D eigenvalue weighted by Gasteiger charge is -2.30. The molecule has 7 nitrogen and oxygen atoms in total. The fourth-order valence-corrected chi connectivity index (χ4v) is 3.92. The molecule has 1 aliphatic heterocycles. The monoisotopic (exact) mass is 453 g/mol. The van der Waals surface area contributed by atoms with Gasteiger partial charge in [0.05, 0.1) is 30.5 Å². The zero-order valence-electron chi connectivity index (χ0n) is 17.5. The molecule has 1 unspecified atom stereocenters. The molecule has 5 rings (SSSR count). The van der Waals surface area contributed by atoms with E-state index in [1.807, 2.05) is 35.1 Å². The van der Waals surface area contributed by atoms with Crippen LogP contribution in [0.25, 0.3) is 22.3 Å². The molecule has 0 radical (unpaired) electrons. The lowest BCUT2D eigenvalue weighted by atomic mass is 9.96. The fraction of sp³-hybridized carbons (Fsp3) is 0.304. The number of fused-ring (bicyclic) bond motifs is 1. The van der Waals surface area contributed by atoms with E-state index >= 15 is 4.39 Å². The molecule has 0 amide bonds. The summed E-state index contributed by atoms with van der Waals surface area (Å²) in [6.45, 7) is 2.06. The first-order valence-corrected chi connectivity index (χ1v) is 10.5. The maximum atomic E-state index is 15.1. The van der Waals surface area contributed by atoms with E-state index in [0.29, 0.717) is 36.4 Å². The van der Waals surface area contributed by atoms with Gasteiger partial charge in [-0.2, -0.15) is 5.10 Å². The van der Waals surface area contributed by atoms with Crippen LogP contribution in [0.4, 0.5) is 10.2 Å². The number of nitrogens with zero attached hydrogens (tertiary/aromatic N) is 5. The maximum Gasteiger partial charge on any atom is 0.155 e. The molecular formula is C23H25ClFN7. The van der Waals surface area contributed by atoms with E-state index in [0.717, 1.165) is 24.2 Å². The van der Waals surface area contributed by atoms with E-state index in [1.54, 1.807) is 18.6 Å². The second-order valence-corrected chi connectivity index (χ2v) is 7.98. The molecule has 9 heteroatoms. The molecule has 0 saturated carbocycles. The SMILES string of the molecule is Cl.FC1(CNc2nc(-c3cnn(Cc4ccccc4)c3)cc3nccnc23)CCCNC1. The molecule has 1 saturated heterocycles. The average Bonchev–Trinajstić information content (AvgIpc) is 3.27. The Morgan fingerprint density at radius 3 is 2.81 bits per heavy atom. The molecule has 4 heterocycles. The van der Waals surface area contributed by atoms with Gasteiger partial charge < -0.3 is 10.6 Å². The molecule has 4 aromatic rings. The molecular weight excluding hydrogens is 429 g/mol. The molecule has 1 aliphatic rings. The van der Waals surface area contributed by atoms with Crippen LogP contribution in [0.2, 0.25) is 0 Å². The average molecular weight is 454 g/mol. The number of hydrogen-bond donors (Lipinski definition) is 2. The van der Waals surface area contributed by atoms with E-state index in [-0.39, 0.29) is 19.0 Å². The Kier molecular flexibility index (Phi) is 6.62. The van der Waals surface area contributed by atoms with Gasteiger partial charge in [-0.05, 0) is 31.0 Å². The molecule has 1 fully saturated rings. The highest BCUT2D eigenvalue weighted by Gasteiger charge is 2.31. The number of benzene rings is 1. The van der Waals surface area contributed by atoms with Gasteiger partial charge >= 0.3 is 0 Å². The van der Waals surface area contributed by atoms with Gasteiger partial charge in [0.1, 0.15) is 11.2 Å². The number of aromatic nitrogens is 5. The predicted molar refractivity (Wildman–Crippen MR) is 126 cm³/mol. The molecule has 2 N–H and O–H groups in total. The molecule has 32 heavy (non-hydrogen) atoms. The third-order valence-corrected chi connectivity index (χ3v) is 5.57. The normalized spacial score (nSPS) is 18.3. The van der Waals surface area contributed by atoms with Crippen LogP contribution in [-0.2, 0) is 6.54 Å². The summed E-state index contributed by atoms with van der Waals surface area (Å²) in [6, 6.07) is 12.1. The topological polar surface area (TPSA) is 80.6 Å². The minimum absolute atomic E-state index is 0. The molecule has 1 aromatic carbocycles. The Hall–Kier alpha value is -3.10. The summed E-state index contributed by atoms with van der Waals surface area (Å²) in [7, 11) is 0. The van der Waals surface area contributed by atoms with E-state index in [9.17, 15) is 0 Å². The zero-order chi connectivity index (χ0) is 21.1. The van der Waals surface area contributed by atoms with Gasteiger partial charge in [-0.15, -0.1) is 12.4 Å².